The standard InChI is InChI=1S/C8H14/c1-5-3-7-6(2)8(7)4-5/h5-8H,3-4H2,1-2H3/t5?,6?,7-,8-/m1/s1. The normalized spacial score (nSPS) is 54.0. The highest BCUT2D eigenvalue weighted by Gasteiger charge is 2.51. The van der Waals surface area contributed by atoms with Crippen LogP contribution in [0.1, 0.15) is 26.7 Å². The van der Waals surface area contributed by atoms with E-state index in [4.69, 9.17) is 0 Å². The predicted octanol–water partition coefficient (Wildman–Crippen LogP) is 2.30. The molecule has 0 spiro atoms. The molecule has 0 unspecified atom stereocenters. The average molecular weight is 110 g/mol. The van der Waals surface area contributed by atoms with Crippen LogP contribution in [0.5, 0.6) is 0 Å². The van der Waals surface area contributed by atoms with Crippen molar-refractivity contribution in [3.8, 4) is 0 Å². The lowest BCUT2D eigenvalue weighted by Gasteiger charge is -2.02. The molecule has 0 aromatic carbocycles. The maximum absolute atomic E-state index is 2.40. The number of fused-ring (bicyclic) bond motifs is 1. The smallest absolute Gasteiger partial charge is 0.0352 e. The molecule has 0 aromatic rings. The van der Waals surface area contributed by atoms with E-state index >= 15 is 0 Å². The zero-order valence-electron chi connectivity index (χ0n) is 5.72. The van der Waals surface area contributed by atoms with E-state index in [2.05, 4.69) is 13.8 Å². The summed E-state index contributed by atoms with van der Waals surface area (Å²) in [7, 11) is 0. The second-order valence-corrected chi connectivity index (χ2v) is 3.76. The van der Waals surface area contributed by atoms with Gasteiger partial charge in [0.1, 0.15) is 0 Å². The third kappa shape index (κ3) is 0.463. The molecule has 0 heteroatoms. The van der Waals surface area contributed by atoms with Crippen LogP contribution in [0.2, 0.25) is 0 Å². The Labute approximate surface area is 51.3 Å². The minimum Gasteiger partial charge on any atom is -0.0625 e. The maximum atomic E-state index is 2.40. The Morgan fingerprint density at radius 1 is 1.00 bits per heavy atom. The molecule has 2 aliphatic rings. The van der Waals surface area contributed by atoms with Gasteiger partial charge in [0.05, 0.1) is 0 Å². The molecular formula is C8H14. The van der Waals surface area contributed by atoms with E-state index in [0.29, 0.717) is 0 Å². The molecule has 0 nitrogen and oxygen atoms in total. The Bertz CT molecular complexity index is 94.6. The van der Waals surface area contributed by atoms with Gasteiger partial charge in [0.25, 0.3) is 0 Å². The molecule has 0 N–H and O–H groups in total. The average Bonchev–Trinajstić information content (AvgIpc) is 2.29. The van der Waals surface area contributed by atoms with Crippen LogP contribution in [0.25, 0.3) is 0 Å². The van der Waals surface area contributed by atoms with Crippen LogP contribution in [-0.2, 0) is 0 Å². The van der Waals surface area contributed by atoms with Crippen molar-refractivity contribution in [1.29, 1.82) is 0 Å². The minimum atomic E-state index is 1.06. The number of hydrogen-bond acceptors (Lipinski definition) is 0. The molecule has 0 amide bonds. The van der Waals surface area contributed by atoms with Gasteiger partial charge in [-0.2, -0.15) is 0 Å². The van der Waals surface area contributed by atoms with Crippen LogP contribution < -0.4 is 0 Å². The molecule has 0 bridgehead atoms. The van der Waals surface area contributed by atoms with Crippen molar-refractivity contribution in [2.45, 2.75) is 26.7 Å². The van der Waals surface area contributed by atoms with Crippen molar-refractivity contribution in [2.75, 3.05) is 0 Å². The van der Waals surface area contributed by atoms with Crippen LogP contribution in [0.3, 0.4) is 0 Å². The Balaban J connectivity index is 2.00. The van der Waals surface area contributed by atoms with E-state index in [-0.39, 0.29) is 0 Å². The lowest BCUT2D eigenvalue weighted by atomic mass is 10.0. The number of hydrogen-bond donors (Lipinski definition) is 0. The van der Waals surface area contributed by atoms with Crippen molar-refractivity contribution in [3.05, 3.63) is 0 Å². The third-order valence-corrected chi connectivity index (χ3v) is 3.11. The summed E-state index contributed by atoms with van der Waals surface area (Å²) in [6, 6.07) is 0. The lowest BCUT2D eigenvalue weighted by molar-refractivity contribution is 0.487. The first-order valence-corrected chi connectivity index (χ1v) is 3.79. The first-order valence-electron chi connectivity index (χ1n) is 3.79. The summed E-state index contributed by atoms with van der Waals surface area (Å²) in [6.07, 6.45) is 3.07. The fourth-order valence-corrected chi connectivity index (χ4v) is 2.44. The monoisotopic (exact) mass is 110 g/mol. The maximum Gasteiger partial charge on any atom is -0.0352 e. The Morgan fingerprint density at radius 3 is 1.88 bits per heavy atom. The highest BCUT2D eigenvalue weighted by molar-refractivity contribution is 5.00. The van der Waals surface area contributed by atoms with Crippen molar-refractivity contribution in [3.63, 3.8) is 0 Å². The summed E-state index contributed by atoms with van der Waals surface area (Å²) in [5.41, 5.74) is 0. The molecule has 46 valence electrons. The topological polar surface area (TPSA) is 0 Å². The van der Waals surface area contributed by atoms with Gasteiger partial charge in [0, 0.05) is 0 Å². The van der Waals surface area contributed by atoms with Crippen molar-refractivity contribution < 1.29 is 0 Å². The fourth-order valence-electron chi connectivity index (χ4n) is 2.44. The van der Waals surface area contributed by atoms with Gasteiger partial charge < -0.3 is 0 Å². The molecule has 8 heavy (non-hydrogen) atoms. The molecule has 2 saturated carbocycles. The zero-order chi connectivity index (χ0) is 5.72. The van der Waals surface area contributed by atoms with E-state index in [1.165, 1.54) is 12.8 Å². The summed E-state index contributed by atoms with van der Waals surface area (Å²) in [5.74, 6) is 4.47. The summed E-state index contributed by atoms with van der Waals surface area (Å²) in [6.45, 7) is 4.79. The first kappa shape index (κ1) is 4.84. The van der Waals surface area contributed by atoms with E-state index in [1.807, 2.05) is 0 Å². The summed E-state index contributed by atoms with van der Waals surface area (Å²) in [4.78, 5) is 0. The second kappa shape index (κ2) is 1.29. The van der Waals surface area contributed by atoms with Gasteiger partial charge in [-0.25, -0.2) is 0 Å². The molecule has 2 fully saturated rings. The van der Waals surface area contributed by atoms with Gasteiger partial charge in [-0.15, -0.1) is 0 Å². The first-order chi connectivity index (χ1) is 3.79. The lowest BCUT2D eigenvalue weighted by Crippen LogP contribution is -1.91. The van der Waals surface area contributed by atoms with Gasteiger partial charge in [-0.3, -0.25) is 0 Å². The van der Waals surface area contributed by atoms with Gasteiger partial charge in [-0.05, 0) is 36.5 Å². The third-order valence-electron chi connectivity index (χ3n) is 3.11. The molecule has 0 saturated heterocycles. The van der Waals surface area contributed by atoms with Crippen LogP contribution in [-0.4, -0.2) is 0 Å². The van der Waals surface area contributed by atoms with Gasteiger partial charge in [0.15, 0.2) is 0 Å². The summed E-state index contributed by atoms with van der Waals surface area (Å²) >= 11 is 0. The molecule has 0 radical (unpaired) electrons. The molecule has 0 heterocycles. The fraction of sp³-hybridized carbons (Fsp3) is 1.00. The zero-order valence-corrected chi connectivity index (χ0v) is 5.72. The van der Waals surface area contributed by atoms with E-state index in [1.54, 1.807) is 0 Å². The van der Waals surface area contributed by atoms with Crippen molar-refractivity contribution in [2.24, 2.45) is 23.7 Å². The summed E-state index contributed by atoms with van der Waals surface area (Å²) < 4.78 is 0. The second-order valence-electron chi connectivity index (χ2n) is 3.76. The quantitative estimate of drug-likeness (QED) is 0.449. The van der Waals surface area contributed by atoms with E-state index < -0.39 is 0 Å². The molecule has 2 rings (SSSR count). The largest absolute Gasteiger partial charge is 0.0625 e. The Morgan fingerprint density at radius 2 is 1.50 bits per heavy atom. The highest BCUT2D eigenvalue weighted by atomic mass is 14.6. The van der Waals surface area contributed by atoms with E-state index in [0.717, 1.165) is 23.7 Å². The predicted molar refractivity (Wildman–Crippen MR) is 34.5 cm³/mol. The van der Waals surface area contributed by atoms with E-state index in [9.17, 15) is 0 Å². The SMILES string of the molecule is CC1C[C@@H]2C(C)[C@H]2C1. The molecule has 2 atom stereocenters. The highest BCUT2D eigenvalue weighted by Crippen LogP contribution is 2.58. The minimum absolute atomic E-state index is 1.06. The van der Waals surface area contributed by atoms with Crippen LogP contribution in [0.4, 0.5) is 0 Å². The van der Waals surface area contributed by atoms with Gasteiger partial charge >= 0.3 is 0 Å². The van der Waals surface area contributed by atoms with Gasteiger partial charge in [0.2, 0.25) is 0 Å². The van der Waals surface area contributed by atoms with Crippen molar-refractivity contribution >= 4 is 0 Å². The molecule has 0 aliphatic heterocycles. The Kier molecular flexibility index (Phi) is 0.778. The number of rotatable bonds is 0. The van der Waals surface area contributed by atoms with Gasteiger partial charge in [-0.1, -0.05) is 13.8 Å². The molecular weight excluding hydrogens is 96.1 g/mol. The van der Waals surface area contributed by atoms with Crippen LogP contribution >= 0.6 is 0 Å². The Hall–Kier alpha value is 0. The van der Waals surface area contributed by atoms with Crippen molar-refractivity contribution in [1.82, 2.24) is 0 Å². The molecule has 2 aliphatic carbocycles. The van der Waals surface area contributed by atoms with Crippen LogP contribution in [0.15, 0.2) is 0 Å². The van der Waals surface area contributed by atoms with Crippen LogP contribution in [0, 0.1) is 23.7 Å². The molecule has 0 aromatic heterocycles. The summed E-state index contributed by atoms with van der Waals surface area (Å²) in [5, 5.41) is 0.